The van der Waals surface area contributed by atoms with Crippen LogP contribution in [0.4, 0.5) is 0 Å². The SMILES string of the molecule is CC#CCCNC(CN)CC(=O)N1CCCCC1. The van der Waals surface area contributed by atoms with E-state index in [0.29, 0.717) is 13.0 Å². The van der Waals surface area contributed by atoms with Crippen molar-refractivity contribution >= 4 is 5.91 Å². The number of nitrogens with two attached hydrogens (primary N) is 1. The summed E-state index contributed by atoms with van der Waals surface area (Å²) in [6, 6.07) is 0.0816. The van der Waals surface area contributed by atoms with E-state index in [2.05, 4.69) is 17.2 Å². The molecule has 4 heteroatoms. The molecule has 1 rings (SSSR count). The summed E-state index contributed by atoms with van der Waals surface area (Å²) < 4.78 is 0. The maximum Gasteiger partial charge on any atom is 0.224 e. The zero-order chi connectivity index (χ0) is 13.2. The summed E-state index contributed by atoms with van der Waals surface area (Å²) in [4.78, 5) is 14.0. The van der Waals surface area contributed by atoms with Crippen molar-refractivity contribution < 1.29 is 4.79 Å². The largest absolute Gasteiger partial charge is 0.343 e. The van der Waals surface area contributed by atoms with Crippen LogP contribution in [-0.2, 0) is 4.79 Å². The molecule has 0 bridgehead atoms. The number of likely N-dealkylation sites (tertiary alicyclic amines) is 1. The van der Waals surface area contributed by atoms with Crippen molar-refractivity contribution in [1.29, 1.82) is 0 Å². The molecule has 1 saturated heterocycles. The number of amides is 1. The van der Waals surface area contributed by atoms with Gasteiger partial charge in [-0.25, -0.2) is 0 Å². The van der Waals surface area contributed by atoms with E-state index in [0.717, 1.165) is 38.9 Å². The lowest BCUT2D eigenvalue weighted by Crippen LogP contribution is -2.43. The van der Waals surface area contributed by atoms with E-state index in [1.165, 1.54) is 6.42 Å². The predicted octanol–water partition coefficient (Wildman–Crippen LogP) is 0.719. The van der Waals surface area contributed by atoms with E-state index >= 15 is 0 Å². The van der Waals surface area contributed by atoms with E-state index in [1.807, 2.05) is 11.8 Å². The van der Waals surface area contributed by atoms with Gasteiger partial charge in [0, 0.05) is 45.1 Å². The van der Waals surface area contributed by atoms with Gasteiger partial charge in [0.15, 0.2) is 0 Å². The number of carbonyl (C=O) groups excluding carboxylic acids is 1. The topological polar surface area (TPSA) is 58.4 Å². The molecular formula is C14H25N3O. The van der Waals surface area contributed by atoms with Gasteiger partial charge in [0.2, 0.25) is 5.91 Å². The fourth-order valence-corrected chi connectivity index (χ4v) is 2.19. The summed E-state index contributed by atoms with van der Waals surface area (Å²) in [6.45, 7) is 4.96. The number of piperidine rings is 1. The molecule has 1 aliphatic rings. The fourth-order valence-electron chi connectivity index (χ4n) is 2.19. The first-order valence-corrected chi connectivity index (χ1v) is 6.88. The number of hydrogen-bond donors (Lipinski definition) is 2. The molecule has 1 aliphatic heterocycles. The standard InChI is InChI=1S/C14H25N3O/c1-2-3-5-8-16-13(12-15)11-14(18)17-9-6-4-7-10-17/h13,16H,4-12,15H2,1H3. The predicted molar refractivity (Wildman–Crippen MR) is 74.0 cm³/mol. The van der Waals surface area contributed by atoms with Gasteiger partial charge in [-0.3, -0.25) is 4.79 Å². The van der Waals surface area contributed by atoms with Crippen LogP contribution >= 0.6 is 0 Å². The number of rotatable bonds is 6. The number of nitrogens with zero attached hydrogens (tertiary/aromatic N) is 1. The Morgan fingerprint density at radius 1 is 1.39 bits per heavy atom. The van der Waals surface area contributed by atoms with Crippen LogP contribution in [0.2, 0.25) is 0 Å². The summed E-state index contributed by atoms with van der Waals surface area (Å²) in [5, 5.41) is 3.30. The molecule has 1 unspecified atom stereocenters. The van der Waals surface area contributed by atoms with Gasteiger partial charge in [0.1, 0.15) is 0 Å². The maximum absolute atomic E-state index is 12.1. The Kier molecular flexibility index (Phi) is 7.47. The van der Waals surface area contributed by atoms with Crippen molar-refractivity contribution in [3.05, 3.63) is 0 Å². The first-order valence-electron chi connectivity index (χ1n) is 6.88. The van der Waals surface area contributed by atoms with Crippen molar-refractivity contribution in [2.45, 2.75) is 45.1 Å². The van der Waals surface area contributed by atoms with Crippen molar-refractivity contribution in [2.75, 3.05) is 26.2 Å². The second kappa shape index (κ2) is 8.96. The highest BCUT2D eigenvalue weighted by Gasteiger charge is 2.19. The molecular weight excluding hydrogens is 226 g/mol. The summed E-state index contributed by atoms with van der Waals surface area (Å²) in [5.74, 6) is 6.09. The Morgan fingerprint density at radius 3 is 2.72 bits per heavy atom. The molecule has 0 aromatic rings. The second-order valence-corrected chi connectivity index (χ2v) is 4.71. The minimum absolute atomic E-state index is 0.0816. The fraction of sp³-hybridized carbons (Fsp3) is 0.786. The molecule has 1 fully saturated rings. The number of nitrogens with one attached hydrogen (secondary N) is 1. The molecule has 0 radical (unpaired) electrons. The average Bonchev–Trinajstić information content (AvgIpc) is 2.43. The molecule has 18 heavy (non-hydrogen) atoms. The van der Waals surface area contributed by atoms with Crippen LogP contribution < -0.4 is 11.1 Å². The minimum atomic E-state index is 0.0816. The third kappa shape index (κ3) is 5.52. The van der Waals surface area contributed by atoms with E-state index in [4.69, 9.17) is 5.73 Å². The van der Waals surface area contributed by atoms with Crippen LogP contribution in [0.1, 0.15) is 39.0 Å². The van der Waals surface area contributed by atoms with E-state index in [9.17, 15) is 4.79 Å². The highest BCUT2D eigenvalue weighted by atomic mass is 16.2. The molecule has 4 nitrogen and oxygen atoms in total. The molecule has 0 aromatic carbocycles. The lowest BCUT2D eigenvalue weighted by molar-refractivity contribution is -0.132. The Morgan fingerprint density at radius 2 is 2.11 bits per heavy atom. The van der Waals surface area contributed by atoms with Crippen LogP contribution in [0.3, 0.4) is 0 Å². The highest BCUT2D eigenvalue weighted by molar-refractivity contribution is 5.76. The van der Waals surface area contributed by atoms with Gasteiger partial charge in [-0.1, -0.05) is 0 Å². The van der Waals surface area contributed by atoms with Crippen LogP contribution in [-0.4, -0.2) is 43.0 Å². The Balaban J connectivity index is 2.26. The Labute approximate surface area is 110 Å². The zero-order valence-electron chi connectivity index (χ0n) is 11.4. The lowest BCUT2D eigenvalue weighted by Gasteiger charge is -2.28. The average molecular weight is 251 g/mol. The normalized spacial score (nSPS) is 16.9. The Hall–Kier alpha value is -1.05. The van der Waals surface area contributed by atoms with Gasteiger partial charge >= 0.3 is 0 Å². The maximum atomic E-state index is 12.1. The molecule has 102 valence electrons. The first kappa shape index (κ1) is 15.0. The van der Waals surface area contributed by atoms with Gasteiger partial charge in [-0.2, -0.15) is 0 Å². The molecule has 0 aromatic heterocycles. The quantitative estimate of drug-likeness (QED) is 0.540. The van der Waals surface area contributed by atoms with Crippen molar-refractivity contribution in [3.8, 4) is 11.8 Å². The summed E-state index contributed by atoms with van der Waals surface area (Å²) in [6.07, 6.45) is 4.84. The van der Waals surface area contributed by atoms with Crippen LogP contribution in [0.25, 0.3) is 0 Å². The zero-order valence-corrected chi connectivity index (χ0v) is 11.4. The minimum Gasteiger partial charge on any atom is -0.343 e. The summed E-state index contributed by atoms with van der Waals surface area (Å²) in [5.41, 5.74) is 5.70. The molecule has 1 heterocycles. The monoisotopic (exact) mass is 251 g/mol. The van der Waals surface area contributed by atoms with E-state index < -0.39 is 0 Å². The second-order valence-electron chi connectivity index (χ2n) is 4.71. The molecule has 0 saturated carbocycles. The summed E-state index contributed by atoms with van der Waals surface area (Å²) in [7, 11) is 0. The van der Waals surface area contributed by atoms with Gasteiger partial charge in [0.25, 0.3) is 0 Å². The summed E-state index contributed by atoms with van der Waals surface area (Å²) >= 11 is 0. The molecule has 1 atom stereocenters. The van der Waals surface area contributed by atoms with Gasteiger partial charge in [-0.05, 0) is 26.2 Å². The van der Waals surface area contributed by atoms with Crippen molar-refractivity contribution in [3.63, 3.8) is 0 Å². The van der Waals surface area contributed by atoms with Crippen molar-refractivity contribution in [1.82, 2.24) is 10.2 Å². The Bertz CT molecular complexity index is 300. The third-order valence-corrected chi connectivity index (χ3v) is 3.27. The van der Waals surface area contributed by atoms with Crippen molar-refractivity contribution in [2.24, 2.45) is 5.73 Å². The smallest absolute Gasteiger partial charge is 0.224 e. The van der Waals surface area contributed by atoms with Crippen LogP contribution in [0.5, 0.6) is 0 Å². The molecule has 0 aliphatic carbocycles. The van der Waals surface area contributed by atoms with Gasteiger partial charge < -0.3 is 16.0 Å². The molecule has 1 amide bonds. The lowest BCUT2D eigenvalue weighted by atomic mass is 10.1. The van der Waals surface area contributed by atoms with Crippen LogP contribution in [0.15, 0.2) is 0 Å². The van der Waals surface area contributed by atoms with Gasteiger partial charge in [0.05, 0.1) is 0 Å². The first-order chi connectivity index (χ1) is 8.77. The number of hydrogen-bond acceptors (Lipinski definition) is 3. The number of carbonyl (C=O) groups is 1. The molecule has 0 spiro atoms. The highest BCUT2D eigenvalue weighted by Crippen LogP contribution is 2.10. The molecule has 3 N–H and O–H groups in total. The third-order valence-electron chi connectivity index (χ3n) is 3.27. The van der Waals surface area contributed by atoms with Crippen LogP contribution in [0, 0.1) is 11.8 Å². The van der Waals surface area contributed by atoms with E-state index in [1.54, 1.807) is 0 Å². The van der Waals surface area contributed by atoms with Gasteiger partial charge in [-0.15, -0.1) is 11.8 Å². The van der Waals surface area contributed by atoms with E-state index in [-0.39, 0.29) is 11.9 Å².